The van der Waals surface area contributed by atoms with E-state index in [1.807, 2.05) is 18.2 Å². The normalized spacial score (nSPS) is 11.0. The number of sulfonamides is 1. The summed E-state index contributed by atoms with van der Waals surface area (Å²) >= 11 is 0. The Labute approximate surface area is 162 Å². The molecule has 9 heteroatoms. The molecule has 2 aromatic heterocycles. The topological polar surface area (TPSA) is 110 Å². The van der Waals surface area contributed by atoms with Crippen molar-refractivity contribution in [3.8, 4) is 11.3 Å². The standard InChI is InChI=1S/C19H18N4O4S/c1-27-19(24)23-16-5-7-17(8-6-16)28(25,26)22-12-14-4-9-18(21-11-14)15-3-2-10-20-13-15/h2-11,13,22H,12H2,1H3,(H,23,24). The van der Waals surface area contributed by atoms with Crippen molar-refractivity contribution >= 4 is 21.8 Å². The van der Waals surface area contributed by atoms with Gasteiger partial charge in [0.05, 0.1) is 17.7 Å². The van der Waals surface area contributed by atoms with Gasteiger partial charge in [0.1, 0.15) is 0 Å². The highest BCUT2D eigenvalue weighted by Gasteiger charge is 2.14. The second kappa shape index (κ2) is 8.59. The van der Waals surface area contributed by atoms with Gasteiger partial charge in [-0.15, -0.1) is 0 Å². The smallest absolute Gasteiger partial charge is 0.411 e. The average molecular weight is 398 g/mol. The van der Waals surface area contributed by atoms with Gasteiger partial charge in [-0.1, -0.05) is 6.07 Å². The lowest BCUT2D eigenvalue weighted by molar-refractivity contribution is 0.187. The number of nitrogens with one attached hydrogen (secondary N) is 2. The summed E-state index contributed by atoms with van der Waals surface area (Å²) in [4.78, 5) is 19.6. The van der Waals surface area contributed by atoms with Crippen molar-refractivity contribution in [1.29, 1.82) is 0 Å². The summed E-state index contributed by atoms with van der Waals surface area (Å²) < 4.78 is 31.9. The molecular formula is C19H18N4O4S. The van der Waals surface area contributed by atoms with E-state index in [0.717, 1.165) is 16.8 Å². The number of ether oxygens (including phenoxy) is 1. The number of hydrogen-bond acceptors (Lipinski definition) is 6. The van der Waals surface area contributed by atoms with Crippen LogP contribution in [-0.4, -0.2) is 31.6 Å². The first-order chi connectivity index (χ1) is 13.5. The van der Waals surface area contributed by atoms with Gasteiger partial charge in [-0.05, 0) is 48.0 Å². The molecule has 0 fully saturated rings. The lowest BCUT2D eigenvalue weighted by Crippen LogP contribution is -2.23. The molecular weight excluding hydrogens is 380 g/mol. The van der Waals surface area contributed by atoms with E-state index in [4.69, 9.17) is 0 Å². The third-order valence-electron chi connectivity index (χ3n) is 3.84. The molecule has 3 rings (SSSR count). The first kappa shape index (κ1) is 19.5. The zero-order valence-electron chi connectivity index (χ0n) is 15.0. The molecule has 3 aromatic rings. The molecule has 0 aliphatic rings. The number of benzene rings is 1. The predicted octanol–water partition coefficient (Wildman–Crippen LogP) is 2.80. The molecule has 0 saturated heterocycles. The van der Waals surface area contributed by atoms with Gasteiger partial charge in [0.25, 0.3) is 0 Å². The highest BCUT2D eigenvalue weighted by atomic mass is 32.2. The summed E-state index contributed by atoms with van der Waals surface area (Å²) in [5.41, 5.74) is 2.80. The molecule has 0 unspecified atom stereocenters. The summed E-state index contributed by atoms with van der Waals surface area (Å²) in [6.07, 6.45) is 4.39. The minimum atomic E-state index is -3.70. The van der Waals surface area contributed by atoms with E-state index in [1.54, 1.807) is 24.7 Å². The third kappa shape index (κ3) is 4.90. The van der Waals surface area contributed by atoms with Crippen molar-refractivity contribution in [2.24, 2.45) is 0 Å². The van der Waals surface area contributed by atoms with Crippen molar-refractivity contribution in [3.63, 3.8) is 0 Å². The monoisotopic (exact) mass is 398 g/mol. The zero-order valence-corrected chi connectivity index (χ0v) is 15.8. The second-order valence-corrected chi connectivity index (χ2v) is 7.53. The quantitative estimate of drug-likeness (QED) is 0.661. The van der Waals surface area contributed by atoms with E-state index in [0.29, 0.717) is 5.69 Å². The molecule has 144 valence electrons. The van der Waals surface area contributed by atoms with Gasteiger partial charge in [0.15, 0.2) is 0 Å². The van der Waals surface area contributed by atoms with Crippen molar-refractivity contribution in [2.75, 3.05) is 12.4 Å². The van der Waals surface area contributed by atoms with E-state index in [9.17, 15) is 13.2 Å². The SMILES string of the molecule is COC(=O)Nc1ccc(S(=O)(=O)NCc2ccc(-c3cccnc3)nc2)cc1. The highest BCUT2D eigenvalue weighted by Crippen LogP contribution is 2.17. The number of anilines is 1. The van der Waals surface area contributed by atoms with Crippen LogP contribution in [0.15, 0.2) is 72.0 Å². The first-order valence-corrected chi connectivity index (χ1v) is 9.76. The summed E-state index contributed by atoms with van der Waals surface area (Å²) in [6, 6.07) is 13.1. The molecule has 0 aliphatic heterocycles. The van der Waals surface area contributed by atoms with Crippen LogP contribution < -0.4 is 10.0 Å². The van der Waals surface area contributed by atoms with Gasteiger partial charge < -0.3 is 4.74 Å². The van der Waals surface area contributed by atoms with Crippen LogP contribution in [0.3, 0.4) is 0 Å². The molecule has 28 heavy (non-hydrogen) atoms. The Morgan fingerprint density at radius 2 is 1.86 bits per heavy atom. The fourth-order valence-electron chi connectivity index (χ4n) is 2.36. The Balaban J connectivity index is 1.64. The van der Waals surface area contributed by atoms with Gasteiger partial charge in [-0.2, -0.15) is 0 Å². The summed E-state index contributed by atoms with van der Waals surface area (Å²) in [6.45, 7) is 0.102. The van der Waals surface area contributed by atoms with Crippen LogP contribution in [0.4, 0.5) is 10.5 Å². The maximum Gasteiger partial charge on any atom is 0.411 e. The number of rotatable bonds is 6. The highest BCUT2D eigenvalue weighted by molar-refractivity contribution is 7.89. The number of nitrogens with zero attached hydrogens (tertiary/aromatic N) is 2. The van der Waals surface area contributed by atoms with Crippen molar-refractivity contribution in [2.45, 2.75) is 11.4 Å². The number of aromatic nitrogens is 2. The maximum absolute atomic E-state index is 12.4. The number of amides is 1. The molecule has 0 radical (unpaired) electrons. The lowest BCUT2D eigenvalue weighted by atomic mass is 10.1. The number of hydrogen-bond donors (Lipinski definition) is 2. The lowest BCUT2D eigenvalue weighted by Gasteiger charge is -2.09. The van der Waals surface area contributed by atoms with E-state index < -0.39 is 16.1 Å². The molecule has 1 amide bonds. The van der Waals surface area contributed by atoms with Crippen LogP contribution in [0.5, 0.6) is 0 Å². The Kier molecular flexibility index (Phi) is 5.97. The summed E-state index contributed by atoms with van der Waals surface area (Å²) in [5, 5.41) is 2.46. The molecule has 0 saturated carbocycles. The fraction of sp³-hybridized carbons (Fsp3) is 0.105. The Morgan fingerprint density at radius 1 is 1.07 bits per heavy atom. The van der Waals surface area contributed by atoms with E-state index in [1.165, 1.54) is 31.4 Å². The number of carbonyl (C=O) groups is 1. The van der Waals surface area contributed by atoms with Gasteiger partial charge in [0, 0.05) is 36.4 Å². The number of methoxy groups -OCH3 is 1. The molecule has 0 atom stereocenters. The molecule has 0 aliphatic carbocycles. The van der Waals surface area contributed by atoms with E-state index in [-0.39, 0.29) is 11.4 Å². The van der Waals surface area contributed by atoms with Crippen LogP contribution in [0.2, 0.25) is 0 Å². The minimum absolute atomic E-state index is 0.0860. The van der Waals surface area contributed by atoms with Crippen LogP contribution in [0.25, 0.3) is 11.3 Å². The molecule has 0 spiro atoms. The largest absolute Gasteiger partial charge is 0.453 e. The van der Waals surface area contributed by atoms with E-state index in [2.05, 4.69) is 24.7 Å². The van der Waals surface area contributed by atoms with Crippen molar-refractivity contribution in [1.82, 2.24) is 14.7 Å². The van der Waals surface area contributed by atoms with Crippen LogP contribution >= 0.6 is 0 Å². The minimum Gasteiger partial charge on any atom is -0.453 e. The van der Waals surface area contributed by atoms with Crippen molar-refractivity contribution in [3.05, 3.63) is 72.7 Å². The zero-order chi connectivity index (χ0) is 20.0. The molecule has 2 heterocycles. The van der Waals surface area contributed by atoms with Gasteiger partial charge in [0.2, 0.25) is 10.0 Å². The fourth-order valence-corrected chi connectivity index (χ4v) is 3.38. The Bertz CT molecular complexity index is 1040. The number of carbonyl (C=O) groups excluding carboxylic acids is 1. The predicted molar refractivity (Wildman–Crippen MR) is 104 cm³/mol. The summed E-state index contributed by atoms with van der Waals surface area (Å²) in [7, 11) is -2.46. The van der Waals surface area contributed by atoms with Crippen LogP contribution in [-0.2, 0) is 21.3 Å². The Hall–Kier alpha value is -3.30. The van der Waals surface area contributed by atoms with Crippen LogP contribution in [0.1, 0.15) is 5.56 Å². The second-order valence-electron chi connectivity index (χ2n) is 5.76. The van der Waals surface area contributed by atoms with Gasteiger partial charge >= 0.3 is 6.09 Å². The molecule has 1 aromatic carbocycles. The molecule has 0 bridgehead atoms. The Morgan fingerprint density at radius 3 is 2.46 bits per heavy atom. The summed E-state index contributed by atoms with van der Waals surface area (Å²) in [5.74, 6) is 0. The molecule has 2 N–H and O–H groups in total. The van der Waals surface area contributed by atoms with Crippen molar-refractivity contribution < 1.29 is 17.9 Å². The van der Waals surface area contributed by atoms with Gasteiger partial charge in [-0.3, -0.25) is 15.3 Å². The van der Waals surface area contributed by atoms with Gasteiger partial charge in [-0.25, -0.2) is 17.9 Å². The molecule has 8 nitrogen and oxygen atoms in total. The average Bonchev–Trinajstić information content (AvgIpc) is 2.73. The first-order valence-electron chi connectivity index (χ1n) is 8.28. The van der Waals surface area contributed by atoms with Crippen LogP contribution in [0, 0.1) is 0 Å². The third-order valence-corrected chi connectivity index (χ3v) is 5.26. The van der Waals surface area contributed by atoms with E-state index >= 15 is 0 Å². The number of pyridine rings is 2. The maximum atomic E-state index is 12.4.